The second-order valence-corrected chi connectivity index (χ2v) is 5.42. The zero-order chi connectivity index (χ0) is 13.9. The minimum atomic E-state index is -1.08. The number of hydrogen-bond acceptors (Lipinski definition) is 4. The molecule has 2 rings (SSSR count). The van der Waals surface area contributed by atoms with Crippen molar-refractivity contribution in [2.75, 3.05) is 18.5 Å². The van der Waals surface area contributed by atoms with Gasteiger partial charge in [0.1, 0.15) is 5.82 Å². The van der Waals surface area contributed by atoms with Crippen LogP contribution in [0, 0.1) is 5.41 Å². The van der Waals surface area contributed by atoms with Crippen molar-refractivity contribution in [1.29, 1.82) is 0 Å². The molecule has 0 unspecified atom stereocenters. The van der Waals surface area contributed by atoms with Crippen LogP contribution in [0.25, 0.3) is 0 Å². The molecule has 1 saturated carbocycles. The van der Waals surface area contributed by atoms with Crippen LogP contribution in [-0.2, 0) is 0 Å². The van der Waals surface area contributed by atoms with Gasteiger partial charge in [-0.1, -0.05) is 24.4 Å². The first-order chi connectivity index (χ1) is 9.08. The number of aliphatic hydroxyl groups is 1. The Kier molecular flexibility index (Phi) is 4.27. The predicted octanol–water partition coefficient (Wildman–Crippen LogP) is 2.40. The van der Waals surface area contributed by atoms with Crippen LogP contribution >= 0.6 is 11.6 Å². The van der Waals surface area contributed by atoms with Gasteiger partial charge in [-0.3, -0.25) is 0 Å². The summed E-state index contributed by atoms with van der Waals surface area (Å²) in [5.74, 6) is -0.713. The number of carboxylic acids is 1. The smallest absolute Gasteiger partial charge is 0.337 e. The summed E-state index contributed by atoms with van der Waals surface area (Å²) < 4.78 is 0. The lowest BCUT2D eigenvalue weighted by Crippen LogP contribution is -2.30. The lowest BCUT2D eigenvalue weighted by Gasteiger charge is -2.27. The highest BCUT2D eigenvalue weighted by Crippen LogP contribution is 2.38. The van der Waals surface area contributed by atoms with Crippen molar-refractivity contribution in [3.8, 4) is 0 Å². The fourth-order valence-electron chi connectivity index (χ4n) is 2.52. The number of aromatic nitrogens is 1. The maximum absolute atomic E-state index is 11.0. The SMILES string of the molecule is O=C(O)c1ccnc(NCC2(CO)CCCC2)c1Cl. The van der Waals surface area contributed by atoms with E-state index in [1.165, 1.54) is 12.3 Å². The fourth-order valence-corrected chi connectivity index (χ4v) is 2.78. The summed E-state index contributed by atoms with van der Waals surface area (Å²) in [5, 5.41) is 21.7. The summed E-state index contributed by atoms with van der Waals surface area (Å²) in [7, 11) is 0. The van der Waals surface area contributed by atoms with Gasteiger partial charge in [-0.05, 0) is 18.9 Å². The lowest BCUT2D eigenvalue weighted by atomic mass is 9.87. The minimum Gasteiger partial charge on any atom is -0.478 e. The van der Waals surface area contributed by atoms with Crippen LogP contribution in [0.1, 0.15) is 36.0 Å². The van der Waals surface area contributed by atoms with Crippen LogP contribution in [0.15, 0.2) is 12.3 Å². The number of aromatic carboxylic acids is 1. The van der Waals surface area contributed by atoms with Gasteiger partial charge in [0.25, 0.3) is 0 Å². The normalized spacial score (nSPS) is 17.4. The Morgan fingerprint density at radius 2 is 2.16 bits per heavy atom. The number of anilines is 1. The number of hydrogen-bond donors (Lipinski definition) is 3. The summed E-state index contributed by atoms with van der Waals surface area (Å²) in [6.45, 7) is 0.676. The molecule has 3 N–H and O–H groups in total. The van der Waals surface area contributed by atoms with Crippen molar-refractivity contribution >= 4 is 23.4 Å². The third-order valence-corrected chi connectivity index (χ3v) is 4.13. The number of nitrogens with one attached hydrogen (secondary N) is 1. The van der Waals surface area contributed by atoms with Crippen molar-refractivity contribution in [3.05, 3.63) is 22.8 Å². The number of carbonyl (C=O) groups is 1. The van der Waals surface area contributed by atoms with Crippen molar-refractivity contribution < 1.29 is 15.0 Å². The molecule has 1 fully saturated rings. The van der Waals surface area contributed by atoms with Gasteiger partial charge in [-0.25, -0.2) is 9.78 Å². The lowest BCUT2D eigenvalue weighted by molar-refractivity contribution is 0.0697. The molecule has 1 aromatic rings. The number of carboxylic acid groups (broad SMARTS) is 1. The average Bonchev–Trinajstić information content (AvgIpc) is 2.87. The van der Waals surface area contributed by atoms with E-state index in [4.69, 9.17) is 16.7 Å². The second kappa shape index (κ2) is 5.75. The molecule has 104 valence electrons. The molecular weight excluding hydrogens is 268 g/mol. The van der Waals surface area contributed by atoms with E-state index in [0.29, 0.717) is 12.4 Å². The Bertz CT molecular complexity index is 473. The Hall–Kier alpha value is -1.33. The second-order valence-electron chi connectivity index (χ2n) is 5.05. The molecule has 0 amide bonds. The number of rotatable bonds is 5. The Morgan fingerprint density at radius 3 is 2.74 bits per heavy atom. The summed E-state index contributed by atoms with van der Waals surface area (Å²) in [6.07, 6.45) is 5.56. The first-order valence-corrected chi connectivity index (χ1v) is 6.68. The van der Waals surface area contributed by atoms with Crippen molar-refractivity contribution in [1.82, 2.24) is 4.98 Å². The molecule has 0 radical (unpaired) electrons. The molecule has 6 heteroatoms. The Morgan fingerprint density at radius 1 is 1.47 bits per heavy atom. The first-order valence-electron chi connectivity index (χ1n) is 6.30. The van der Waals surface area contributed by atoms with E-state index in [1.54, 1.807) is 0 Å². The molecule has 1 aliphatic rings. The van der Waals surface area contributed by atoms with E-state index in [-0.39, 0.29) is 22.6 Å². The number of pyridine rings is 1. The zero-order valence-electron chi connectivity index (χ0n) is 10.5. The highest BCUT2D eigenvalue weighted by molar-refractivity contribution is 6.35. The molecule has 0 saturated heterocycles. The van der Waals surface area contributed by atoms with Crippen LogP contribution < -0.4 is 5.32 Å². The fraction of sp³-hybridized carbons (Fsp3) is 0.538. The Balaban J connectivity index is 2.11. The minimum absolute atomic E-state index is 0.0311. The van der Waals surface area contributed by atoms with Gasteiger partial charge >= 0.3 is 5.97 Å². The van der Waals surface area contributed by atoms with Gasteiger partial charge < -0.3 is 15.5 Å². The molecule has 0 aromatic carbocycles. The van der Waals surface area contributed by atoms with Gasteiger partial charge in [0.2, 0.25) is 0 Å². The highest BCUT2D eigenvalue weighted by Gasteiger charge is 2.33. The van der Waals surface area contributed by atoms with E-state index in [1.807, 2.05) is 0 Å². The predicted molar refractivity (Wildman–Crippen MR) is 72.7 cm³/mol. The quantitative estimate of drug-likeness (QED) is 0.773. The van der Waals surface area contributed by atoms with Gasteiger partial charge in [-0.2, -0.15) is 0 Å². The summed E-state index contributed by atoms with van der Waals surface area (Å²) >= 11 is 6.01. The van der Waals surface area contributed by atoms with Crippen molar-refractivity contribution in [3.63, 3.8) is 0 Å². The van der Waals surface area contributed by atoms with Gasteiger partial charge in [0.15, 0.2) is 0 Å². The third-order valence-electron chi connectivity index (χ3n) is 3.75. The van der Waals surface area contributed by atoms with Crippen LogP contribution in [0.2, 0.25) is 5.02 Å². The van der Waals surface area contributed by atoms with Crippen LogP contribution in [-0.4, -0.2) is 34.3 Å². The topological polar surface area (TPSA) is 82.5 Å². The molecule has 19 heavy (non-hydrogen) atoms. The molecule has 5 nitrogen and oxygen atoms in total. The maximum Gasteiger partial charge on any atom is 0.337 e. The van der Waals surface area contributed by atoms with Gasteiger partial charge in [0, 0.05) is 18.2 Å². The van der Waals surface area contributed by atoms with E-state index in [2.05, 4.69) is 10.3 Å². The summed E-state index contributed by atoms with van der Waals surface area (Å²) in [5.41, 5.74) is -0.104. The molecule has 1 aromatic heterocycles. The Labute approximate surface area is 116 Å². The van der Waals surface area contributed by atoms with Crippen LogP contribution in [0.4, 0.5) is 5.82 Å². The van der Waals surface area contributed by atoms with E-state index in [9.17, 15) is 9.90 Å². The van der Waals surface area contributed by atoms with Crippen LogP contribution in [0.5, 0.6) is 0 Å². The highest BCUT2D eigenvalue weighted by atomic mass is 35.5. The van der Waals surface area contributed by atoms with Crippen molar-refractivity contribution in [2.45, 2.75) is 25.7 Å². The standard InChI is InChI=1S/C13H17ClN2O3/c14-10-9(12(18)19)3-6-15-11(10)16-7-13(8-17)4-1-2-5-13/h3,6,17H,1-2,4-5,7-8H2,(H,15,16)(H,18,19). The molecule has 0 aliphatic heterocycles. The molecular formula is C13H17ClN2O3. The molecule has 0 bridgehead atoms. The van der Waals surface area contributed by atoms with E-state index >= 15 is 0 Å². The average molecular weight is 285 g/mol. The van der Waals surface area contributed by atoms with E-state index < -0.39 is 5.97 Å². The van der Waals surface area contributed by atoms with Gasteiger partial charge in [-0.15, -0.1) is 0 Å². The van der Waals surface area contributed by atoms with Crippen LogP contribution in [0.3, 0.4) is 0 Å². The summed E-state index contributed by atoms with van der Waals surface area (Å²) in [6, 6.07) is 1.37. The number of halogens is 1. The monoisotopic (exact) mass is 284 g/mol. The molecule has 1 aliphatic carbocycles. The number of aliphatic hydroxyl groups excluding tert-OH is 1. The van der Waals surface area contributed by atoms with E-state index in [0.717, 1.165) is 25.7 Å². The largest absolute Gasteiger partial charge is 0.478 e. The number of nitrogens with zero attached hydrogens (tertiary/aromatic N) is 1. The van der Waals surface area contributed by atoms with Crippen molar-refractivity contribution in [2.24, 2.45) is 5.41 Å². The maximum atomic E-state index is 11.0. The summed E-state index contributed by atoms with van der Waals surface area (Å²) in [4.78, 5) is 15.0. The molecule has 0 atom stereocenters. The molecule has 1 heterocycles. The third kappa shape index (κ3) is 2.98. The molecule has 0 spiro atoms. The first kappa shape index (κ1) is 14.1. The van der Waals surface area contributed by atoms with Gasteiger partial charge in [0.05, 0.1) is 17.2 Å². The zero-order valence-corrected chi connectivity index (χ0v) is 11.3.